The Hall–Kier alpha value is -2.61. The summed E-state index contributed by atoms with van der Waals surface area (Å²) in [4.78, 5) is 29.1. The van der Waals surface area contributed by atoms with Crippen LogP contribution in [0.4, 0.5) is 0 Å². The first-order chi connectivity index (χ1) is 8.56. The number of carbonyl (C=O) groups is 1. The minimum Gasteiger partial charge on any atom is -0.369 e. The van der Waals surface area contributed by atoms with E-state index < -0.39 is 5.91 Å². The van der Waals surface area contributed by atoms with Crippen LogP contribution < -0.4 is 11.3 Å². The van der Waals surface area contributed by atoms with Gasteiger partial charge < -0.3 is 10.7 Å². The van der Waals surface area contributed by atoms with Crippen LogP contribution in [0, 0.1) is 18.8 Å². The summed E-state index contributed by atoms with van der Waals surface area (Å²) < 4.78 is 0. The van der Waals surface area contributed by atoms with Gasteiger partial charge in [0.05, 0.1) is 17.3 Å². The molecule has 0 spiro atoms. The van der Waals surface area contributed by atoms with Crippen LogP contribution in [-0.2, 0) is 4.79 Å². The normalized spacial score (nSPS) is 9.83. The number of rotatable bonds is 1. The van der Waals surface area contributed by atoms with Crippen LogP contribution >= 0.6 is 0 Å². The van der Waals surface area contributed by atoms with Crippen molar-refractivity contribution in [2.75, 3.05) is 0 Å². The van der Waals surface area contributed by atoms with E-state index in [9.17, 15) is 9.59 Å². The number of nitrogens with two attached hydrogens (primary N) is 1. The summed E-state index contributed by atoms with van der Waals surface area (Å²) in [6.45, 7) is 1.72. The van der Waals surface area contributed by atoms with Crippen molar-refractivity contribution in [2.24, 2.45) is 5.73 Å². The molecule has 0 aliphatic heterocycles. The molecule has 0 unspecified atom stereocenters. The van der Waals surface area contributed by atoms with Gasteiger partial charge in [-0.05, 0) is 25.1 Å². The molecular formula is C13H11N3O2. The smallest absolute Gasteiger partial charge is 0.258 e. The first-order valence-corrected chi connectivity index (χ1v) is 5.34. The lowest BCUT2D eigenvalue weighted by atomic mass is 10.1. The Labute approximate surface area is 103 Å². The summed E-state index contributed by atoms with van der Waals surface area (Å²) in [5.41, 5.74) is 6.06. The van der Waals surface area contributed by atoms with Gasteiger partial charge in [-0.2, -0.15) is 0 Å². The topological polar surface area (TPSA) is 88.8 Å². The number of amides is 1. The highest BCUT2D eigenvalue weighted by atomic mass is 16.1. The largest absolute Gasteiger partial charge is 0.369 e. The number of fused-ring (bicyclic) bond motifs is 1. The molecule has 0 saturated carbocycles. The van der Waals surface area contributed by atoms with Gasteiger partial charge in [-0.15, -0.1) is 0 Å². The molecular weight excluding hydrogens is 230 g/mol. The zero-order chi connectivity index (χ0) is 13.1. The van der Waals surface area contributed by atoms with E-state index in [-0.39, 0.29) is 12.0 Å². The molecule has 0 bridgehead atoms. The minimum atomic E-state index is -0.474. The van der Waals surface area contributed by atoms with E-state index in [0.29, 0.717) is 22.3 Å². The monoisotopic (exact) mass is 241 g/mol. The van der Waals surface area contributed by atoms with Crippen molar-refractivity contribution in [1.82, 2.24) is 9.97 Å². The van der Waals surface area contributed by atoms with Crippen molar-refractivity contribution < 1.29 is 4.79 Å². The average molecular weight is 241 g/mol. The van der Waals surface area contributed by atoms with Gasteiger partial charge in [-0.1, -0.05) is 11.8 Å². The minimum absolute atomic E-state index is 0.000538. The van der Waals surface area contributed by atoms with Crippen LogP contribution in [0.5, 0.6) is 0 Å². The lowest BCUT2D eigenvalue weighted by Crippen LogP contribution is -2.09. The van der Waals surface area contributed by atoms with Gasteiger partial charge in [0, 0.05) is 5.56 Å². The first kappa shape index (κ1) is 11.9. The van der Waals surface area contributed by atoms with Crippen molar-refractivity contribution in [1.29, 1.82) is 0 Å². The van der Waals surface area contributed by atoms with E-state index in [1.54, 1.807) is 25.1 Å². The number of aromatic nitrogens is 2. The molecule has 5 nitrogen and oxygen atoms in total. The maximum atomic E-state index is 11.7. The number of H-pyrrole nitrogens is 1. The lowest BCUT2D eigenvalue weighted by molar-refractivity contribution is -0.117. The van der Waals surface area contributed by atoms with E-state index in [1.807, 2.05) is 0 Å². The molecule has 1 amide bonds. The predicted octanol–water partition coefficient (Wildman–Crippen LogP) is 0.458. The third-order valence-electron chi connectivity index (χ3n) is 2.32. The van der Waals surface area contributed by atoms with E-state index in [2.05, 4.69) is 21.8 Å². The number of aryl methyl sites for hydroxylation is 1. The molecule has 0 fully saturated rings. The number of aromatic amines is 1. The molecule has 2 rings (SSSR count). The highest BCUT2D eigenvalue weighted by molar-refractivity contribution is 5.79. The van der Waals surface area contributed by atoms with Gasteiger partial charge in [-0.3, -0.25) is 9.59 Å². The van der Waals surface area contributed by atoms with Gasteiger partial charge in [-0.25, -0.2) is 4.98 Å². The van der Waals surface area contributed by atoms with Gasteiger partial charge in [0.2, 0.25) is 5.91 Å². The summed E-state index contributed by atoms with van der Waals surface area (Å²) >= 11 is 0. The molecule has 0 atom stereocenters. The van der Waals surface area contributed by atoms with Crippen molar-refractivity contribution >= 4 is 16.8 Å². The van der Waals surface area contributed by atoms with Crippen molar-refractivity contribution in [2.45, 2.75) is 13.3 Å². The van der Waals surface area contributed by atoms with Gasteiger partial charge >= 0.3 is 0 Å². The second-order valence-electron chi connectivity index (χ2n) is 3.83. The maximum absolute atomic E-state index is 11.7. The van der Waals surface area contributed by atoms with Crippen LogP contribution in [-0.4, -0.2) is 15.9 Å². The Kier molecular flexibility index (Phi) is 3.11. The Balaban J connectivity index is 2.47. The molecule has 0 radical (unpaired) electrons. The van der Waals surface area contributed by atoms with Gasteiger partial charge in [0.1, 0.15) is 5.82 Å². The average Bonchev–Trinajstić information content (AvgIpc) is 2.29. The highest BCUT2D eigenvalue weighted by Crippen LogP contribution is 2.09. The molecule has 2 aromatic rings. The Morgan fingerprint density at radius 2 is 2.28 bits per heavy atom. The fourth-order valence-corrected chi connectivity index (χ4v) is 1.57. The summed E-state index contributed by atoms with van der Waals surface area (Å²) in [7, 11) is 0. The van der Waals surface area contributed by atoms with Crippen LogP contribution in [0.3, 0.4) is 0 Å². The summed E-state index contributed by atoms with van der Waals surface area (Å²) in [6, 6.07) is 5.13. The lowest BCUT2D eigenvalue weighted by Gasteiger charge is -1.98. The summed E-state index contributed by atoms with van der Waals surface area (Å²) in [5, 5.41) is 0.478. The number of carbonyl (C=O) groups excluding carboxylic acids is 1. The number of primary amides is 1. The molecule has 5 heteroatoms. The molecule has 1 heterocycles. The molecule has 0 aliphatic rings. The SMILES string of the molecule is Cc1nc2ccc(C#CCC(N)=O)cc2c(=O)[nH]1. The summed E-state index contributed by atoms with van der Waals surface area (Å²) in [6.07, 6.45) is 0.000538. The van der Waals surface area contributed by atoms with E-state index in [0.717, 1.165) is 0 Å². The Morgan fingerprint density at radius 3 is 3.00 bits per heavy atom. The first-order valence-electron chi connectivity index (χ1n) is 5.34. The van der Waals surface area contributed by atoms with Crippen LogP contribution in [0.2, 0.25) is 0 Å². The van der Waals surface area contributed by atoms with Crippen LogP contribution in [0.15, 0.2) is 23.0 Å². The highest BCUT2D eigenvalue weighted by Gasteiger charge is 2.01. The van der Waals surface area contributed by atoms with E-state index in [1.165, 1.54) is 0 Å². The van der Waals surface area contributed by atoms with E-state index >= 15 is 0 Å². The molecule has 3 N–H and O–H groups in total. The molecule has 1 aromatic carbocycles. The number of benzene rings is 1. The second kappa shape index (κ2) is 4.72. The number of nitrogens with one attached hydrogen (secondary N) is 1. The molecule has 0 aliphatic carbocycles. The fraction of sp³-hybridized carbons (Fsp3) is 0.154. The number of hydrogen-bond donors (Lipinski definition) is 2. The fourth-order valence-electron chi connectivity index (χ4n) is 1.57. The van der Waals surface area contributed by atoms with Crippen molar-refractivity contribution in [3.63, 3.8) is 0 Å². The van der Waals surface area contributed by atoms with Crippen molar-refractivity contribution in [3.8, 4) is 11.8 Å². The molecule has 1 aromatic heterocycles. The number of nitrogens with zero attached hydrogens (tertiary/aromatic N) is 1. The number of hydrogen-bond acceptors (Lipinski definition) is 3. The van der Waals surface area contributed by atoms with E-state index in [4.69, 9.17) is 5.73 Å². The third-order valence-corrected chi connectivity index (χ3v) is 2.32. The summed E-state index contributed by atoms with van der Waals surface area (Å²) in [5.74, 6) is 5.51. The zero-order valence-electron chi connectivity index (χ0n) is 9.78. The maximum Gasteiger partial charge on any atom is 0.258 e. The molecule has 0 saturated heterocycles. The van der Waals surface area contributed by atoms with Gasteiger partial charge in [0.15, 0.2) is 0 Å². The zero-order valence-corrected chi connectivity index (χ0v) is 9.78. The Morgan fingerprint density at radius 1 is 1.50 bits per heavy atom. The molecule has 90 valence electrons. The van der Waals surface area contributed by atoms with Crippen LogP contribution in [0.1, 0.15) is 17.8 Å². The standard InChI is InChI=1S/C13H11N3O2/c1-8-15-11-6-5-9(3-2-4-12(14)17)7-10(11)13(18)16-8/h5-7H,4H2,1H3,(H2,14,17)(H,15,16,18). The third kappa shape index (κ3) is 2.55. The van der Waals surface area contributed by atoms with Crippen molar-refractivity contribution in [3.05, 3.63) is 39.9 Å². The second-order valence-corrected chi connectivity index (χ2v) is 3.83. The molecule has 18 heavy (non-hydrogen) atoms. The Bertz CT molecular complexity index is 735. The quantitative estimate of drug-likeness (QED) is 0.711. The van der Waals surface area contributed by atoms with Gasteiger partial charge in [0.25, 0.3) is 5.56 Å². The van der Waals surface area contributed by atoms with Crippen LogP contribution in [0.25, 0.3) is 10.9 Å². The predicted molar refractivity (Wildman–Crippen MR) is 67.8 cm³/mol.